The molecule has 0 fully saturated rings. The van der Waals surface area contributed by atoms with Crippen LogP contribution in [0, 0.1) is 11.3 Å². The van der Waals surface area contributed by atoms with Gasteiger partial charge in [0.2, 0.25) is 0 Å². The molecule has 0 aliphatic heterocycles. The van der Waals surface area contributed by atoms with Gasteiger partial charge in [0, 0.05) is 11.3 Å². The molecule has 1 aromatic carbocycles. The zero-order chi connectivity index (χ0) is 24.4. The smallest absolute Gasteiger partial charge is 0.0867 e. The largest absolute Gasteiger partial charge is 0.388 e. The van der Waals surface area contributed by atoms with Crippen LogP contribution in [0.4, 0.5) is 0 Å². The lowest BCUT2D eigenvalue weighted by molar-refractivity contribution is 0.0922. The number of benzene rings is 1. The maximum absolute atomic E-state index is 11.9. The number of rotatable bonds is 14. The Bertz CT molecular complexity index is 846. The van der Waals surface area contributed by atoms with Gasteiger partial charge in [-0.2, -0.15) is 0 Å². The molecule has 1 aromatic rings. The summed E-state index contributed by atoms with van der Waals surface area (Å²) in [4.78, 5) is 0. The highest BCUT2D eigenvalue weighted by Crippen LogP contribution is 2.61. The van der Waals surface area contributed by atoms with Gasteiger partial charge in [0.15, 0.2) is 0 Å². The number of hydrogen-bond acceptors (Lipinski definition) is 1. The first-order chi connectivity index (χ1) is 16.6. The summed E-state index contributed by atoms with van der Waals surface area (Å²) in [5.74, 6) is 0.0503. The lowest BCUT2D eigenvalue weighted by atomic mass is 9.60. The summed E-state index contributed by atoms with van der Waals surface area (Å²) >= 11 is 0. The fourth-order valence-electron chi connectivity index (χ4n) is 6.25. The Labute approximate surface area is 209 Å². The highest BCUT2D eigenvalue weighted by molar-refractivity contribution is 5.59. The van der Waals surface area contributed by atoms with Crippen LogP contribution in [0.15, 0.2) is 76.9 Å². The van der Waals surface area contributed by atoms with E-state index in [1.165, 1.54) is 64.2 Å². The summed E-state index contributed by atoms with van der Waals surface area (Å²) in [5, 5.41) is 11.9. The van der Waals surface area contributed by atoms with Crippen LogP contribution >= 0.6 is 0 Å². The van der Waals surface area contributed by atoms with E-state index in [4.69, 9.17) is 0 Å². The van der Waals surface area contributed by atoms with E-state index >= 15 is 0 Å². The number of hydrogen-bond donors (Lipinski definition) is 1. The highest BCUT2D eigenvalue weighted by atomic mass is 16.3. The molecule has 0 aromatic heterocycles. The standard InChI is InChI=1S/C33H48O/c1-5-9-20-27-28(21-10-6-2)30(23-12-8-4)33(29(27)22-11-7-3)25-17-16-24-31(33)32(34)26-18-14-13-15-19-26/h13-19,24-25,31-32,34H,5-12,20-23H2,1-4H3. The van der Waals surface area contributed by atoms with Crippen LogP contribution in [-0.4, -0.2) is 5.11 Å². The number of aliphatic hydroxyl groups excluding tert-OH is 1. The van der Waals surface area contributed by atoms with Crippen molar-refractivity contribution in [2.24, 2.45) is 11.3 Å². The average Bonchev–Trinajstić information content (AvgIpc) is 3.11. The maximum atomic E-state index is 11.9. The van der Waals surface area contributed by atoms with E-state index in [1.807, 2.05) is 6.07 Å². The zero-order valence-corrected chi connectivity index (χ0v) is 22.3. The van der Waals surface area contributed by atoms with Gasteiger partial charge in [0.1, 0.15) is 0 Å². The molecule has 0 radical (unpaired) electrons. The van der Waals surface area contributed by atoms with Gasteiger partial charge < -0.3 is 5.11 Å². The molecule has 0 bridgehead atoms. The molecule has 1 spiro atoms. The normalized spacial score (nSPS) is 20.1. The summed E-state index contributed by atoms with van der Waals surface area (Å²) in [6.07, 6.45) is 23.3. The van der Waals surface area contributed by atoms with E-state index < -0.39 is 6.10 Å². The Kier molecular flexibility index (Phi) is 10.5. The van der Waals surface area contributed by atoms with Crippen LogP contribution < -0.4 is 0 Å². The lowest BCUT2D eigenvalue weighted by Gasteiger charge is -2.43. The predicted molar refractivity (Wildman–Crippen MR) is 148 cm³/mol. The first kappa shape index (κ1) is 26.7. The third-order valence-corrected chi connectivity index (χ3v) is 8.01. The molecule has 1 N–H and O–H groups in total. The van der Waals surface area contributed by atoms with Crippen molar-refractivity contribution in [3.8, 4) is 0 Å². The molecule has 3 rings (SSSR count). The number of allylic oxidation sites excluding steroid dienone is 7. The van der Waals surface area contributed by atoms with Crippen molar-refractivity contribution in [1.82, 2.24) is 0 Å². The lowest BCUT2D eigenvalue weighted by Crippen LogP contribution is -2.36. The van der Waals surface area contributed by atoms with Crippen LogP contribution in [-0.2, 0) is 0 Å². The molecule has 2 aliphatic rings. The van der Waals surface area contributed by atoms with Crippen molar-refractivity contribution in [2.75, 3.05) is 0 Å². The van der Waals surface area contributed by atoms with Gasteiger partial charge >= 0.3 is 0 Å². The minimum atomic E-state index is -0.506. The molecule has 0 saturated heterocycles. The summed E-state index contributed by atoms with van der Waals surface area (Å²) in [6, 6.07) is 10.4. The molecule has 2 atom stereocenters. The summed E-state index contributed by atoms with van der Waals surface area (Å²) < 4.78 is 0. The first-order valence-electron chi connectivity index (χ1n) is 14.2. The van der Waals surface area contributed by atoms with Crippen molar-refractivity contribution in [3.05, 3.63) is 82.5 Å². The van der Waals surface area contributed by atoms with E-state index in [0.29, 0.717) is 0 Å². The monoisotopic (exact) mass is 460 g/mol. The van der Waals surface area contributed by atoms with Gasteiger partial charge in [-0.3, -0.25) is 0 Å². The summed E-state index contributed by atoms with van der Waals surface area (Å²) in [6.45, 7) is 9.25. The third-order valence-electron chi connectivity index (χ3n) is 8.01. The van der Waals surface area contributed by atoms with E-state index in [2.05, 4.69) is 76.3 Å². The van der Waals surface area contributed by atoms with Crippen LogP contribution in [0.2, 0.25) is 0 Å². The second-order valence-electron chi connectivity index (χ2n) is 10.3. The van der Waals surface area contributed by atoms with E-state index in [9.17, 15) is 5.11 Å². The average molecular weight is 461 g/mol. The van der Waals surface area contributed by atoms with Crippen molar-refractivity contribution < 1.29 is 5.11 Å². The Morgan fingerprint density at radius 3 is 1.71 bits per heavy atom. The quantitative estimate of drug-likeness (QED) is 0.293. The van der Waals surface area contributed by atoms with Crippen LogP contribution in [0.5, 0.6) is 0 Å². The van der Waals surface area contributed by atoms with E-state index in [-0.39, 0.29) is 11.3 Å². The summed E-state index contributed by atoms with van der Waals surface area (Å²) in [7, 11) is 0. The van der Waals surface area contributed by atoms with Gasteiger partial charge in [-0.1, -0.05) is 119 Å². The number of aliphatic hydroxyl groups is 1. The van der Waals surface area contributed by atoms with Crippen molar-refractivity contribution in [1.29, 1.82) is 0 Å². The Morgan fingerprint density at radius 2 is 1.21 bits per heavy atom. The van der Waals surface area contributed by atoms with Crippen molar-refractivity contribution in [2.45, 2.75) is 111 Å². The molecule has 0 saturated carbocycles. The fourth-order valence-corrected chi connectivity index (χ4v) is 6.25. The zero-order valence-electron chi connectivity index (χ0n) is 22.3. The minimum absolute atomic E-state index is 0.0503. The molecular weight excluding hydrogens is 412 g/mol. The van der Waals surface area contributed by atoms with E-state index in [1.54, 1.807) is 22.3 Å². The van der Waals surface area contributed by atoms with E-state index in [0.717, 1.165) is 18.4 Å². The second kappa shape index (κ2) is 13.3. The second-order valence-corrected chi connectivity index (χ2v) is 10.3. The predicted octanol–water partition coefficient (Wildman–Crippen LogP) is 9.82. The van der Waals surface area contributed by atoms with Gasteiger partial charge in [0.05, 0.1) is 6.10 Å². The van der Waals surface area contributed by atoms with Crippen LogP contribution in [0.1, 0.15) is 116 Å². The molecule has 2 aliphatic carbocycles. The van der Waals surface area contributed by atoms with Gasteiger partial charge in [0.25, 0.3) is 0 Å². The van der Waals surface area contributed by atoms with Crippen molar-refractivity contribution >= 4 is 0 Å². The van der Waals surface area contributed by atoms with Gasteiger partial charge in [-0.05, 0) is 68.1 Å². The Balaban J connectivity index is 2.22. The first-order valence-corrected chi connectivity index (χ1v) is 14.2. The van der Waals surface area contributed by atoms with Crippen LogP contribution in [0.3, 0.4) is 0 Å². The van der Waals surface area contributed by atoms with Crippen molar-refractivity contribution in [3.63, 3.8) is 0 Å². The number of unbranched alkanes of at least 4 members (excludes halogenated alkanes) is 4. The fraction of sp³-hybridized carbons (Fsp3) is 0.576. The molecule has 34 heavy (non-hydrogen) atoms. The molecular formula is C33H48O. The minimum Gasteiger partial charge on any atom is -0.388 e. The van der Waals surface area contributed by atoms with Gasteiger partial charge in [-0.15, -0.1) is 0 Å². The maximum Gasteiger partial charge on any atom is 0.0867 e. The molecule has 0 amide bonds. The third kappa shape index (κ3) is 5.51. The molecule has 186 valence electrons. The van der Waals surface area contributed by atoms with Gasteiger partial charge in [-0.25, -0.2) is 0 Å². The molecule has 0 heterocycles. The topological polar surface area (TPSA) is 20.2 Å². The molecule has 2 unspecified atom stereocenters. The Morgan fingerprint density at radius 1 is 0.706 bits per heavy atom. The highest BCUT2D eigenvalue weighted by Gasteiger charge is 2.50. The van der Waals surface area contributed by atoms with Crippen LogP contribution in [0.25, 0.3) is 0 Å². The SMILES string of the molecule is CCCCC1=C(CCCC)C2(C=CC=CC2C(O)c2ccccc2)C(CCCC)=C1CCCC. The Hall–Kier alpha value is -1.86. The summed E-state index contributed by atoms with van der Waals surface area (Å²) in [5.41, 5.74) is 7.48. The molecule has 1 nitrogen and oxygen atoms in total. The molecule has 1 heteroatoms.